The van der Waals surface area contributed by atoms with Gasteiger partial charge in [-0.2, -0.15) is 0 Å². The number of aliphatic hydroxyl groups is 1. The smallest absolute Gasteiger partial charge is 0.215 e. The van der Waals surface area contributed by atoms with Crippen molar-refractivity contribution in [1.29, 1.82) is 0 Å². The lowest BCUT2D eigenvalue weighted by molar-refractivity contribution is -0.0286. The average Bonchev–Trinajstić information content (AvgIpc) is 2.82. The van der Waals surface area contributed by atoms with E-state index in [-0.39, 0.29) is 0 Å². The molecule has 0 unspecified atom stereocenters. The maximum absolute atomic E-state index is 10.1. The van der Waals surface area contributed by atoms with Crippen molar-refractivity contribution < 1.29 is 9.84 Å². The number of aryl methyl sites for hydroxylation is 1. The normalized spacial score (nSPS) is 12.5. The second-order valence-electron chi connectivity index (χ2n) is 4.77. The lowest BCUT2D eigenvalue weighted by Crippen LogP contribution is -2.22. The maximum atomic E-state index is 10.1. The molecule has 4 heteroatoms. The summed E-state index contributed by atoms with van der Waals surface area (Å²) >= 11 is 0. The fraction of sp³-hybridized carbons (Fsp3) is 0.188. The average molecular weight is 268 g/mol. The number of aromatic nitrogens is 2. The molecule has 0 fully saturated rings. The van der Waals surface area contributed by atoms with Gasteiger partial charge in [-0.15, -0.1) is 0 Å². The van der Waals surface area contributed by atoms with Crippen molar-refractivity contribution in [2.24, 2.45) is 0 Å². The molecule has 0 saturated heterocycles. The Morgan fingerprint density at radius 2 is 2.05 bits per heavy atom. The summed E-state index contributed by atoms with van der Waals surface area (Å²) in [5, 5.41) is 10.1. The number of nitrogens with zero attached hydrogens (tertiary/aromatic N) is 2. The molecule has 102 valence electrons. The van der Waals surface area contributed by atoms with Crippen molar-refractivity contribution in [1.82, 2.24) is 9.55 Å². The predicted molar refractivity (Wildman–Crippen MR) is 77.5 cm³/mol. The Kier molecular flexibility index (Phi) is 3.39. The molecule has 20 heavy (non-hydrogen) atoms. The van der Waals surface area contributed by atoms with Gasteiger partial charge in [0.25, 0.3) is 0 Å². The third-order valence-corrected chi connectivity index (χ3v) is 3.14. The highest BCUT2D eigenvalue weighted by molar-refractivity contribution is 5.74. The summed E-state index contributed by atoms with van der Waals surface area (Å²) in [6, 6.07) is 15.4. The summed E-state index contributed by atoms with van der Waals surface area (Å²) in [6.07, 6.45) is 0.808. The fourth-order valence-corrected chi connectivity index (χ4v) is 2.21. The van der Waals surface area contributed by atoms with Crippen molar-refractivity contribution in [2.75, 3.05) is 0 Å². The van der Waals surface area contributed by atoms with E-state index in [1.165, 1.54) is 0 Å². The summed E-state index contributed by atoms with van der Waals surface area (Å²) in [5.41, 5.74) is 3.00. The van der Waals surface area contributed by atoms with Crippen molar-refractivity contribution in [3.63, 3.8) is 0 Å². The van der Waals surface area contributed by atoms with Crippen LogP contribution in [0.5, 0.6) is 5.75 Å². The molecule has 2 aromatic carbocycles. The Morgan fingerprint density at radius 1 is 1.20 bits per heavy atom. The molecular weight excluding hydrogens is 252 g/mol. The first-order valence-corrected chi connectivity index (χ1v) is 6.53. The highest BCUT2D eigenvalue weighted by Gasteiger charge is 2.09. The second kappa shape index (κ2) is 5.35. The van der Waals surface area contributed by atoms with Crippen LogP contribution in [0.2, 0.25) is 0 Å². The predicted octanol–water partition coefficient (Wildman–Crippen LogP) is 2.74. The van der Waals surface area contributed by atoms with Crippen LogP contribution in [-0.4, -0.2) is 20.9 Å². The quantitative estimate of drug-likeness (QED) is 0.740. The number of fused-ring (bicyclic) bond motifs is 1. The Balaban J connectivity index is 1.74. The van der Waals surface area contributed by atoms with E-state index in [0.717, 1.165) is 16.6 Å². The number of imidazole rings is 1. The summed E-state index contributed by atoms with van der Waals surface area (Å²) in [5.74, 6) is 0.668. The van der Waals surface area contributed by atoms with E-state index in [9.17, 15) is 5.11 Å². The van der Waals surface area contributed by atoms with Crippen LogP contribution in [0.1, 0.15) is 5.56 Å². The largest absolute Gasteiger partial charge is 0.463 e. The molecule has 0 aliphatic carbocycles. The number of hydrogen-bond donors (Lipinski definition) is 1. The number of para-hydroxylation sites is 2. The standard InChI is InChI=1S/C16H16N2O2/c1-12-5-4-6-13(9-12)20-16(19)10-18-11-17-14-7-2-3-8-15(14)18/h2-9,11,16,19H,10H2,1H3/t16-/m0/s1. The Labute approximate surface area is 117 Å². The zero-order valence-electron chi connectivity index (χ0n) is 11.2. The van der Waals surface area contributed by atoms with Gasteiger partial charge in [-0.1, -0.05) is 24.3 Å². The van der Waals surface area contributed by atoms with Gasteiger partial charge < -0.3 is 14.4 Å². The molecule has 4 nitrogen and oxygen atoms in total. The summed E-state index contributed by atoms with van der Waals surface area (Å²) in [4.78, 5) is 4.29. The Bertz CT molecular complexity index is 721. The van der Waals surface area contributed by atoms with Crippen LogP contribution in [0, 0.1) is 6.92 Å². The van der Waals surface area contributed by atoms with Crippen LogP contribution in [0.15, 0.2) is 54.9 Å². The molecule has 0 aliphatic rings. The molecule has 0 radical (unpaired) electrons. The van der Waals surface area contributed by atoms with Crippen LogP contribution in [0.25, 0.3) is 11.0 Å². The minimum Gasteiger partial charge on any atom is -0.463 e. The van der Waals surface area contributed by atoms with Crippen LogP contribution >= 0.6 is 0 Å². The molecule has 0 amide bonds. The Hall–Kier alpha value is -2.33. The van der Waals surface area contributed by atoms with Gasteiger partial charge in [-0.25, -0.2) is 4.98 Å². The number of benzene rings is 2. The van der Waals surface area contributed by atoms with Gasteiger partial charge >= 0.3 is 0 Å². The first-order chi connectivity index (χ1) is 9.72. The van der Waals surface area contributed by atoms with Crippen molar-refractivity contribution in [3.05, 3.63) is 60.4 Å². The molecule has 1 aromatic heterocycles. The molecule has 0 saturated carbocycles. The van der Waals surface area contributed by atoms with Crippen LogP contribution < -0.4 is 4.74 Å². The van der Waals surface area contributed by atoms with E-state index in [1.807, 2.05) is 60.0 Å². The summed E-state index contributed by atoms with van der Waals surface area (Å²) < 4.78 is 7.41. The third kappa shape index (κ3) is 2.65. The first kappa shape index (κ1) is 12.7. The van der Waals surface area contributed by atoms with E-state index < -0.39 is 6.29 Å². The molecule has 1 N–H and O–H groups in total. The Morgan fingerprint density at radius 3 is 2.90 bits per heavy atom. The number of hydrogen-bond acceptors (Lipinski definition) is 3. The monoisotopic (exact) mass is 268 g/mol. The SMILES string of the molecule is Cc1cccc(O[C@H](O)Cn2cnc3ccccc32)c1. The number of aliphatic hydroxyl groups excluding tert-OH is 1. The van der Waals surface area contributed by atoms with E-state index in [0.29, 0.717) is 12.3 Å². The molecule has 0 bridgehead atoms. The summed E-state index contributed by atoms with van der Waals surface area (Å²) in [7, 11) is 0. The second-order valence-corrected chi connectivity index (χ2v) is 4.77. The number of ether oxygens (including phenoxy) is 1. The lowest BCUT2D eigenvalue weighted by Gasteiger charge is -2.14. The minimum absolute atomic E-state index is 0.342. The highest BCUT2D eigenvalue weighted by Crippen LogP contribution is 2.16. The van der Waals surface area contributed by atoms with Crippen LogP contribution in [0.3, 0.4) is 0 Å². The topological polar surface area (TPSA) is 47.3 Å². The molecule has 0 spiro atoms. The number of rotatable bonds is 4. The van der Waals surface area contributed by atoms with Gasteiger partial charge in [0, 0.05) is 0 Å². The van der Waals surface area contributed by atoms with Crippen LogP contribution in [0.4, 0.5) is 0 Å². The fourth-order valence-electron chi connectivity index (χ4n) is 2.21. The molecular formula is C16H16N2O2. The highest BCUT2D eigenvalue weighted by atomic mass is 16.6. The van der Waals surface area contributed by atoms with Gasteiger partial charge in [0.05, 0.1) is 23.9 Å². The molecule has 1 heterocycles. The van der Waals surface area contributed by atoms with E-state index in [1.54, 1.807) is 6.33 Å². The summed E-state index contributed by atoms with van der Waals surface area (Å²) in [6.45, 7) is 2.33. The zero-order chi connectivity index (χ0) is 13.9. The third-order valence-electron chi connectivity index (χ3n) is 3.14. The van der Waals surface area contributed by atoms with E-state index >= 15 is 0 Å². The molecule has 3 rings (SSSR count). The maximum Gasteiger partial charge on any atom is 0.215 e. The minimum atomic E-state index is -0.908. The van der Waals surface area contributed by atoms with E-state index in [4.69, 9.17) is 4.74 Å². The van der Waals surface area contributed by atoms with Crippen LogP contribution in [-0.2, 0) is 6.54 Å². The zero-order valence-corrected chi connectivity index (χ0v) is 11.2. The van der Waals surface area contributed by atoms with Gasteiger partial charge in [-0.05, 0) is 36.8 Å². The molecule has 0 aliphatic heterocycles. The molecule has 1 atom stereocenters. The van der Waals surface area contributed by atoms with E-state index in [2.05, 4.69) is 4.98 Å². The van der Waals surface area contributed by atoms with Crippen molar-refractivity contribution >= 4 is 11.0 Å². The lowest BCUT2D eigenvalue weighted by atomic mass is 10.2. The van der Waals surface area contributed by atoms with Crippen molar-refractivity contribution in [3.8, 4) is 5.75 Å². The van der Waals surface area contributed by atoms with Crippen molar-refractivity contribution in [2.45, 2.75) is 19.8 Å². The van der Waals surface area contributed by atoms with Gasteiger partial charge in [0.15, 0.2) is 0 Å². The van der Waals surface area contributed by atoms with Gasteiger partial charge in [-0.3, -0.25) is 0 Å². The van der Waals surface area contributed by atoms with Gasteiger partial charge in [0.1, 0.15) is 5.75 Å². The first-order valence-electron chi connectivity index (χ1n) is 6.53. The molecule has 3 aromatic rings. The van der Waals surface area contributed by atoms with Gasteiger partial charge in [0.2, 0.25) is 6.29 Å².